The summed E-state index contributed by atoms with van der Waals surface area (Å²) in [6.07, 6.45) is 4.98. The second kappa shape index (κ2) is 4.95. The first-order valence-electron chi connectivity index (χ1n) is 6.00. The van der Waals surface area contributed by atoms with Crippen molar-refractivity contribution in [3.05, 3.63) is 0 Å². The van der Waals surface area contributed by atoms with E-state index in [0.29, 0.717) is 6.42 Å². The van der Waals surface area contributed by atoms with Crippen molar-refractivity contribution in [2.45, 2.75) is 63.8 Å². The Hall–Kier alpha value is -0.900. The predicted molar refractivity (Wildman–Crippen MR) is 56.9 cm³/mol. The van der Waals surface area contributed by atoms with Crippen LogP contribution in [0, 0.1) is 0 Å². The summed E-state index contributed by atoms with van der Waals surface area (Å²) in [7, 11) is 0. The molecule has 0 bridgehead atoms. The van der Waals surface area contributed by atoms with E-state index in [9.17, 15) is 9.59 Å². The molecule has 2 heterocycles. The maximum absolute atomic E-state index is 11.1. The van der Waals surface area contributed by atoms with Crippen molar-refractivity contribution in [1.82, 2.24) is 0 Å². The zero-order chi connectivity index (χ0) is 11.5. The van der Waals surface area contributed by atoms with Gasteiger partial charge in [0.25, 0.3) is 0 Å². The van der Waals surface area contributed by atoms with Gasteiger partial charge in [-0.15, -0.1) is 0 Å². The van der Waals surface area contributed by atoms with Gasteiger partial charge in [-0.1, -0.05) is 0 Å². The van der Waals surface area contributed by atoms with Crippen LogP contribution in [0.25, 0.3) is 0 Å². The fraction of sp³-hybridized carbons (Fsp3) is 0.833. The number of Topliss-reactive ketones (excluding diaryl/α,β-unsaturated/α-hetero) is 1. The molecule has 0 aromatic heterocycles. The molecule has 16 heavy (non-hydrogen) atoms. The highest BCUT2D eigenvalue weighted by atomic mass is 16.5. The fourth-order valence-corrected chi connectivity index (χ4v) is 2.37. The smallest absolute Gasteiger partial charge is 0.306 e. The minimum atomic E-state index is -0.198. The van der Waals surface area contributed by atoms with Gasteiger partial charge in [0.2, 0.25) is 0 Å². The molecule has 0 aromatic rings. The first-order chi connectivity index (χ1) is 7.65. The van der Waals surface area contributed by atoms with Crippen LogP contribution in [0.4, 0.5) is 0 Å². The molecule has 0 spiro atoms. The van der Waals surface area contributed by atoms with E-state index < -0.39 is 0 Å². The Morgan fingerprint density at radius 3 is 2.56 bits per heavy atom. The standard InChI is InChI=1S/C12H18O4/c1-8(13)11-6-4-9(15-11)2-3-10-5-7-12(14)16-10/h9-11H,2-7H2,1H3. The molecule has 4 heteroatoms. The van der Waals surface area contributed by atoms with Crippen LogP contribution in [-0.2, 0) is 19.1 Å². The third-order valence-electron chi connectivity index (χ3n) is 3.34. The molecule has 2 fully saturated rings. The van der Waals surface area contributed by atoms with Crippen LogP contribution < -0.4 is 0 Å². The van der Waals surface area contributed by atoms with E-state index in [1.54, 1.807) is 6.92 Å². The van der Waals surface area contributed by atoms with Gasteiger partial charge >= 0.3 is 5.97 Å². The largest absolute Gasteiger partial charge is 0.462 e. The van der Waals surface area contributed by atoms with Gasteiger partial charge in [0.05, 0.1) is 6.10 Å². The van der Waals surface area contributed by atoms with Crippen molar-refractivity contribution in [3.8, 4) is 0 Å². The van der Waals surface area contributed by atoms with Crippen molar-refractivity contribution in [2.75, 3.05) is 0 Å². The molecule has 2 aliphatic rings. The van der Waals surface area contributed by atoms with Crippen LogP contribution in [-0.4, -0.2) is 30.1 Å². The van der Waals surface area contributed by atoms with Crippen molar-refractivity contribution < 1.29 is 19.1 Å². The second-order valence-corrected chi connectivity index (χ2v) is 4.66. The summed E-state index contributed by atoms with van der Waals surface area (Å²) in [4.78, 5) is 22.0. The Labute approximate surface area is 95.3 Å². The Morgan fingerprint density at radius 1 is 1.25 bits per heavy atom. The highest BCUT2D eigenvalue weighted by Crippen LogP contribution is 2.26. The Bertz CT molecular complexity index is 287. The third kappa shape index (κ3) is 2.82. The molecule has 2 rings (SSSR count). The lowest BCUT2D eigenvalue weighted by atomic mass is 10.1. The monoisotopic (exact) mass is 226 g/mol. The first-order valence-corrected chi connectivity index (χ1v) is 6.00. The number of carbonyl (C=O) groups is 2. The number of rotatable bonds is 4. The topological polar surface area (TPSA) is 52.6 Å². The summed E-state index contributed by atoms with van der Waals surface area (Å²) < 4.78 is 10.8. The van der Waals surface area contributed by atoms with Crippen molar-refractivity contribution in [2.24, 2.45) is 0 Å². The molecule has 2 aliphatic heterocycles. The second-order valence-electron chi connectivity index (χ2n) is 4.66. The summed E-state index contributed by atoms with van der Waals surface area (Å²) in [5.41, 5.74) is 0. The molecule has 0 amide bonds. The zero-order valence-corrected chi connectivity index (χ0v) is 9.61. The van der Waals surface area contributed by atoms with E-state index in [2.05, 4.69) is 0 Å². The van der Waals surface area contributed by atoms with E-state index in [4.69, 9.17) is 9.47 Å². The Kier molecular flexibility index (Phi) is 3.59. The molecular weight excluding hydrogens is 208 g/mol. The van der Waals surface area contributed by atoms with Crippen molar-refractivity contribution >= 4 is 11.8 Å². The van der Waals surface area contributed by atoms with Crippen LogP contribution in [0.15, 0.2) is 0 Å². The van der Waals surface area contributed by atoms with Crippen LogP contribution in [0.1, 0.15) is 45.4 Å². The lowest BCUT2D eigenvalue weighted by Gasteiger charge is -2.14. The van der Waals surface area contributed by atoms with E-state index in [-0.39, 0.29) is 30.1 Å². The summed E-state index contributed by atoms with van der Waals surface area (Å²) in [5, 5.41) is 0. The normalized spacial score (nSPS) is 34.1. The number of cyclic esters (lactones) is 1. The summed E-state index contributed by atoms with van der Waals surface area (Å²) in [6, 6.07) is 0. The Balaban J connectivity index is 1.68. The minimum Gasteiger partial charge on any atom is -0.462 e. The molecule has 0 aromatic carbocycles. The molecule has 0 N–H and O–H groups in total. The highest BCUT2D eigenvalue weighted by Gasteiger charge is 2.30. The molecule has 4 nitrogen and oxygen atoms in total. The van der Waals surface area contributed by atoms with Gasteiger partial charge in [-0.3, -0.25) is 9.59 Å². The van der Waals surface area contributed by atoms with Crippen LogP contribution in [0.2, 0.25) is 0 Å². The molecule has 2 saturated heterocycles. The number of hydrogen-bond acceptors (Lipinski definition) is 4. The quantitative estimate of drug-likeness (QED) is 0.683. The van der Waals surface area contributed by atoms with Gasteiger partial charge in [-0.25, -0.2) is 0 Å². The minimum absolute atomic E-state index is 0.0764. The molecule has 0 aliphatic carbocycles. The van der Waals surface area contributed by atoms with Crippen molar-refractivity contribution in [3.63, 3.8) is 0 Å². The van der Waals surface area contributed by atoms with Gasteiger partial charge in [-0.2, -0.15) is 0 Å². The highest BCUT2D eigenvalue weighted by molar-refractivity contribution is 5.80. The summed E-state index contributed by atoms with van der Waals surface area (Å²) in [6.45, 7) is 1.58. The summed E-state index contributed by atoms with van der Waals surface area (Å²) >= 11 is 0. The SMILES string of the molecule is CC(=O)C1CCC(CCC2CCC(=O)O2)O1. The van der Waals surface area contributed by atoms with Gasteiger partial charge in [0.15, 0.2) is 5.78 Å². The first kappa shape index (κ1) is 11.6. The number of ether oxygens (including phenoxy) is 2. The Morgan fingerprint density at radius 2 is 2.00 bits per heavy atom. The summed E-state index contributed by atoms with van der Waals surface area (Å²) in [5.74, 6) is 0.0359. The third-order valence-corrected chi connectivity index (χ3v) is 3.34. The maximum atomic E-state index is 11.1. The fourth-order valence-electron chi connectivity index (χ4n) is 2.37. The lowest BCUT2D eigenvalue weighted by molar-refractivity contribution is -0.141. The van der Waals surface area contributed by atoms with E-state index in [1.165, 1.54) is 0 Å². The van der Waals surface area contributed by atoms with E-state index in [0.717, 1.165) is 32.1 Å². The van der Waals surface area contributed by atoms with Gasteiger partial charge in [0.1, 0.15) is 12.2 Å². The van der Waals surface area contributed by atoms with Crippen LogP contribution in [0.5, 0.6) is 0 Å². The molecule has 90 valence electrons. The number of carbonyl (C=O) groups excluding carboxylic acids is 2. The predicted octanol–water partition coefficient (Wildman–Crippen LogP) is 1.61. The molecule has 3 atom stereocenters. The van der Waals surface area contributed by atoms with Gasteiger partial charge < -0.3 is 9.47 Å². The van der Waals surface area contributed by atoms with Gasteiger partial charge in [0, 0.05) is 6.42 Å². The number of esters is 1. The lowest BCUT2D eigenvalue weighted by Crippen LogP contribution is -2.19. The molecule has 0 saturated carbocycles. The van der Waals surface area contributed by atoms with Gasteiger partial charge in [-0.05, 0) is 39.0 Å². The average molecular weight is 226 g/mol. The van der Waals surface area contributed by atoms with E-state index in [1.807, 2.05) is 0 Å². The maximum Gasteiger partial charge on any atom is 0.306 e. The number of hydrogen-bond donors (Lipinski definition) is 0. The average Bonchev–Trinajstić information content (AvgIpc) is 2.83. The van der Waals surface area contributed by atoms with Crippen LogP contribution >= 0.6 is 0 Å². The van der Waals surface area contributed by atoms with E-state index >= 15 is 0 Å². The zero-order valence-electron chi connectivity index (χ0n) is 9.61. The van der Waals surface area contributed by atoms with Crippen LogP contribution in [0.3, 0.4) is 0 Å². The number of ketones is 1. The van der Waals surface area contributed by atoms with Crippen molar-refractivity contribution in [1.29, 1.82) is 0 Å². The molecule has 3 unspecified atom stereocenters. The molecular formula is C12H18O4. The molecule has 0 radical (unpaired) electrons.